The van der Waals surface area contributed by atoms with Gasteiger partial charge in [-0.05, 0) is 91.8 Å². The summed E-state index contributed by atoms with van der Waals surface area (Å²) >= 11 is 0. The lowest BCUT2D eigenvalue weighted by atomic mass is 9.72. The van der Waals surface area contributed by atoms with Crippen molar-refractivity contribution in [2.75, 3.05) is 13.2 Å². The predicted octanol–water partition coefficient (Wildman–Crippen LogP) is 6.89. The summed E-state index contributed by atoms with van der Waals surface area (Å²) in [4.78, 5) is 12.2. The van der Waals surface area contributed by atoms with E-state index in [0.717, 1.165) is 37.5 Å². The van der Waals surface area contributed by atoms with E-state index in [2.05, 4.69) is 62.5 Å². The van der Waals surface area contributed by atoms with E-state index in [0.29, 0.717) is 24.7 Å². The fraction of sp³-hybridized carbons (Fsp3) is 0.621. The normalized spacial score (nSPS) is 19.5. The number of benzene rings is 2. The first-order valence-corrected chi connectivity index (χ1v) is 12.7. The zero-order valence-electron chi connectivity index (χ0n) is 21.5. The standard InChI is InChI=1S/C29H43NO3/c1-7-16-32-27(31)29(5,6)20-30-19-21-8-9-23-18-26(13-10-22(23)17-21)33-25-14-11-24(12-15-25)28(2,3)4/h8-10,13,17-18,24-25,30H,7,11-12,14-16,19-20H2,1-6H3. The van der Waals surface area contributed by atoms with Gasteiger partial charge < -0.3 is 14.8 Å². The second-order valence-electron chi connectivity index (χ2n) is 11.4. The SMILES string of the molecule is CCCOC(=O)C(C)(C)CNCc1ccc2cc(OC3CCC(C(C)(C)C)CC3)ccc2c1. The van der Waals surface area contributed by atoms with Gasteiger partial charge in [0.15, 0.2) is 0 Å². The second kappa shape index (κ2) is 10.9. The van der Waals surface area contributed by atoms with E-state index in [4.69, 9.17) is 9.47 Å². The maximum Gasteiger partial charge on any atom is 0.312 e. The number of ether oxygens (including phenoxy) is 2. The summed E-state index contributed by atoms with van der Waals surface area (Å²) < 4.78 is 11.7. The van der Waals surface area contributed by atoms with Gasteiger partial charge in [-0.3, -0.25) is 4.79 Å². The van der Waals surface area contributed by atoms with Crippen LogP contribution in [0.2, 0.25) is 0 Å². The average Bonchev–Trinajstić information content (AvgIpc) is 2.77. The quantitative estimate of drug-likeness (QED) is 0.420. The predicted molar refractivity (Wildman–Crippen MR) is 137 cm³/mol. The minimum Gasteiger partial charge on any atom is -0.490 e. The van der Waals surface area contributed by atoms with Crippen LogP contribution in [0.15, 0.2) is 36.4 Å². The molecule has 1 fully saturated rings. The zero-order valence-corrected chi connectivity index (χ0v) is 21.5. The molecule has 0 radical (unpaired) electrons. The van der Waals surface area contributed by atoms with Crippen LogP contribution >= 0.6 is 0 Å². The zero-order chi connectivity index (χ0) is 24.1. The molecule has 0 atom stereocenters. The number of esters is 1. The molecular weight excluding hydrogens is 410 g/mol. The number of carbonyl (C=O) groups excluding carboxylic acids is 1. The minimum atomic E-state index is -0.537. The van der Waals surface area contributed by atoms with Crippen LogP contribution in [0.1, 0.15) is 79.2 Å². The molecule has 0 saturated heterocycles. The third kappa shape index (κ3) is 7.20. The van der Waals surface area contributed by atoms with Crippen LogP contribution in [0.3, 0.4) is 0 Å². The van der Waals surface area contributed by atoms with Crippen molar-refractivity contribution >= 4 is 16.7 Å². The first-order valence-electron chi connectivity index (χ1n) is 12.7. The van der Waals surface area contributed by atoms with E-state index >= 15 is 0 Å². The number of nitrogens with one attached hydrogen (secondary N) is 1. The topological polar surface area (TPSA) is 47.6 Å². The Bertz CT molecular complexity index is 920. The summed E-state index contributed by atoms with van der Waals surface area (Å²) in [5.41, 5.74) is 1.06. The number of hydrogen-bond donors (Lipinski definition) is 1. The van der Waals surface area contributed by atoms with Gasteiger partial charge in [-0.15, -0.1) is 0 Å². The van der Waals surface area contributed by atoms with Crippen molar-refractivity contribution in [3.63, 3.8) is 0 Å². The fourth-order valence-electron chi connectivity index (χ4n) is 4.68. The molecule has 4 heteroatoms. The van der Waals surface area contributed by atoms with Crippen molar-refractivity contribution in [2.24, 2.45) is 16.7 Å². The molecule has 1 aliphatic rings. The van der Waals surface area contributed by atoms with Crippen molar-refractivity contribution in [1.82, 2.24) is 5.32 Å². The van der Waals surface area contributed by atoms with Gasteiger partial charge >= 0.3 is 5.97 Å². The Morgan fingerprint density at radius 3 is 2.30 bits per heavy atom. The molecule has 0 aromatic heterocycles. The molecule has 0 amide bonds. The van der Waals surface area contributed by atoms with E-state index < -0.39 is 5.41 Å². The fourth-order valence-corrected chi connectivity index (χ4v) is 4.68. The first kappa shape index (κ1) is 25.6. The van der Waals surface area contributed by atoms with Gasteiger partial charge in [-0.2, -0.15) is 0 Å². The Labute approximate surface area is 200 Å². The number of rotatable bonds is 9. The van der Waals surface area contributed by atoms with Crippen molar-refractivity contribution in [2.45, 2.75) is 86.3 Å². The van der Waals surface area contributed by atoms with Crippen LogP contribution in [-0.2, 0) is 16.1 Å². The maximum atomic E-state index is 12.2. The van der Waals surface area contributed by atoms with Gasteiger partial charge in [0.05, 0.1) is 18.1 Å². The number of carbonyl (C=O) groups is 1. The molecule has 33 heavy (non-hydrogen) atoms. The third-order valence-electron chi connectivity index (χ3n) is 6.96. The summed E-state index contributed by atoms with van der Waals surface area (Å²) in [6.45, 7) is 14.7. The van der Waals surface area contributed by atoms with E-state index in [1.165, 1.54) is 29.2 Å². The van der Waals surface area contributed by atoms with Crippen LogP contribution in [0.25, 0.3) is 10.8 Å². The van der Waals surface area contributed by atoms with Gasteiger partial charge in [-0.25, -0.2) is 0 Å². The third-order valence-corrected chi connectivity index (χ3v) is 6.96. The molecule has 2 aromatic carbocycles. The smallest absolute Gasteiger partial charge is 0.312 e. The second-order valence-corrected chi connectivity index (χ2v) is 11.4. The molecule has 2 aromatic rings. The van der Waals surface area contributed by atoms with Gasteiger partial charge in [-0.1, -0.05) is 45.9 Å². The summed E-state index contributed by atoms with van der Waals surface area (Å²) in [6, 6.07) is 12.9. The molecular formula is C29H43NO3. The van der Waals surface area contributed by atoms with Crippen LogP contribution in [0.5, 0.6) is 5.75 Å². The van der Waals surface area contributed by atoms with Crippen molar-refractivity contribution in [1.29, 1.82) is 0 Å². The molecule has 0 bridgehead atoms. The highest BCUT2D eigenvalue weighted by Crippen LogP contribution is 2.39. The molecule has 0 unspecified atom stereocenters. The molecule has 0 heterocycles. The summed E-state index contributed by atoms with van der Waals surface area (Å²) in [5.74, 6) is 1.63. The highest BCUT2D eigenvalue weighted by atomic mass is 16.5. The van der Waals surface area contributed by atoms with E-state index in [1.807, 2.05) is 20.8 Å². The average molecular weight is 454 g/mol. The molecule has 1 saturated carbocycles. The monoisotopic (exact) mass is 453 g/mol. The van der Waals surface area contributed by atoms with E-state index in [1.54, 1.807) is 0 Å². The van der Waals surface area contributed by atoms with Gasteiger partial charge in [0.25, 0.3) is 0 Å². The van der Waals surface area contributed by atoms with Crippen LogP contribution in [0, 0.1) is 16.7 Å². The lowest BCUT2D eigenvalue weighted by molar-refractivity contribution is -0.153. The molecule has 1 N–H and O–H groups in total. The van der Waals surface area contributed by atoms with Crippen molar-refractivity contribution < 1.29 is 14.3 Å². The Morgan fingerprint density at radius 1 is 0.970 bits per heavy atom. The summed E-state index contributed by atoms with van der Waals surface area (Å²) in [7, 11) is 0. The molecule has 3 rings (SSSR count). The highest BCUT2D eigenvalue weighted by Gasteiger charge is 2.30. The van der Waals surface area contributed by atoms with E-state index in [9.17, 15) is 4.79 Å². The first-order chi connectivity index (χ1) is 15.6. The lowest BCUT2D eigenvalue weighted by Crippen LogP contribution is -2.37. The summed E-state index contributed by atoms with van der Waals surface area (Å²) in [6.07, 6.45) is 5.98. The van der Waals surface area contributed by atoms with Crippen LogP contribution in [0.4, 0.5) is 0 Å². The summed E-state index contributed by atoms with van der Waals surface area (Å²) in [5, 5.41) is 5.82. The van der Waals surface area contributed by atoms with Gasteiger partial charge in [0.1, 0.15) is 5.75 Å². The maximum absolute atomic E-state index is 12.2. The highest BCUT2D eigenvalue weighted by molar-refractivity contribution is 5.84. The van der Waals surface area contributed by atoms with Crippen LogP contribution < -0.4 is 10.1 Å². The number of hydrogen-bond acceptors (Lipinski definition) is 4. The Hall–Kier alpha value is -2.07. The van der Waals surface area contributed by atoms with Crippen molar-refractivity contribution in [3.05, 3.63) is 42.0 Å². The molecule has 1 aliphatic carbocycles. The molecule has 4 nitrogen and oxygen atoms in total. The minimum absolute atomic E-state index is 0.144. The lowest BCUT2D eigenvalue weighted by Gasteiger charge is -2.37. The van der Waals surface area contributed by atoms with Gasteiger partial charge in [0.2, 0.25) is 0 Å². The Balaban J connectivity index is 1.53. The van der Waals surface area contributed by atoms with E-state index in [-0.39, 0.29) is 5.97 Å². The Kier molecular flexibility index (Phi) is 8.44. The molecule has 0 spiro atoms. The van der Waals surface area contributed by atoms with Crippen molar-refractivity contribution in [3.8, 4) is 5.75 Å². The van der Waals surface area contributed by atoms with Crippen LogP contribution in [-0.4, -0.2) is 25.2 Å². The molecule has 0 aliphatic heterocycles. The largest absolute Gasteiger partial charge is 0.490 e. The molecule has 182 valence electrons. The van der Waals surface area contributed by atoms with Gasteiger partial charge in [0, 0.05) is 13.1 Å². The number of fused-ring (bicyclic) bond motifs is 1. The Morgan fingerprint density at radius 2 is 1.64 bits per heavy atom.